The van der Waals surface area contributed by atoms with Crippen LogP contribution in [0.15, 0.2) is 47.4 Å². The molecule has 0 N–H and O–H groups in total. The second-order valence-corrected chi connectivity index (χ2v) is 9.42. The lowest BCUT2D eigenvalue weighted by molar-refractivity contribution is -0.384. The largest absolute Gasteiger partial charge is 0.338 e. The zero-order valence-corrected chi connectivity index (χ0v) is 18.2. The van der Waals surface area contributed by atoms with Crippen LogP contribution < -0.4 is 0 Å². The average molecular weight is 471 g/mol. The molecule has 8 nitrogen and oxygen atoms in total. The Labute approximate surface area is 183 Å². The standard InChI is InChI=1S/C20H20ClFN2O6S/c1-14-2-5-16(6-3-14)31(28,29)30-13-20(22)8-10-23(11-9-20)19(25)15-4-7-18(24(26)27)17(21)12-15/h2-7,12H,8-11,13H2,1H3. The lowest BCUT2D eigenvalue weighted by atomic mass is 9.94. The van der Waals surface area contributed by atoms with Crippen molar-refractivity contribution in [3.05, 3.63) is 68.7 Å². The van der Waals surface area contributed by atoms with Gasteiger partial charge in [0.25, 0.3) is 21.7 Å². The zero-order chi connectivity index (χ0) is 22.8. The predicted molar refractivity (Wildman–Crippen MR) is 111 cm³/mol. The highest BCUT2D eigenvalue weighted by atomic mass is 35.5. The number of hydrogen-bond donors (Lipinski definition) is 0. The van der Waals surface area contributed by atoms with E-state index < -0.39 is 33.2 Å². The van der Waals surface area contributed by atoms with E-state index in [0.717, 1.165) is 11.6 Å². The third-order valence-corrected chi connectivity index (χ3v) is 6.70. The fourth-order valence-electron chi connectivity index (χ4n) is 3.18. The third kappa shape index (κ3) is 5.38. The smallest absolute Gasteiger partial charge is 0.297 e. The van der Waals surface area contributed by atoms with Crippen LogP contribution in [0, 0.1) is 17.0 Å². The van der Waals surface area contributed by atoms with Gasteiger partial charge in [0.2, 0.25) is 0 Å². The van der Waals surface area contributed by atoms with E-state index in [9.17, 15) is 23.3 Å². The molecule has 1 heterocycles. The van der Waals surface area contributed by atoms with Crippen LogP contribution in [0.25, 0.3) is 0 Å². The van der Waals surface area contributed by atoms with Gasteiger partial charge in [-0.25, -0.2) is 4.39 Å². The summed E-state index contributed by atoms with van der Waals surface area (Å²) in [6.07, 6.45) is -0.217. The summed E-state index contributed by atoms with van der Waals surface area (Å²) < 4.78 is 44.6. The van der Waals surface area contributed by atoms with Crippen molar-refractivity contribution in [3.8, 4) is 0 Å². The van der Waals surface area contributed by atoms with Gasteiger partial charge in [0.05, 0.1) is 9.82 Å². The molecule has 11 heteroatoms. The topological polar surface area (TPSA) is 107 Å². The second kappa shape index (κ2) is 8.89. The molecule has 0 bridgehead atoms. The number of amides is 1. The van der Waals surface area contributed by atoms with E-state index in [1.807, 2.05) is 6.92 Å². The van der Waals surface area contributed by atoms with Crippen LogP contribution in [0.3, 0.4) is 0 Å². The Morgan fingerprint density at radius 2 is 1.84 bits per heavy atom. The van der Waals surface area contributed by atoms with Crippen molar-refractivity contribution >= 4 is 33.3 Å². The monoisotopic (exact) mass is 470 g/mol. The summed E-state index contributed by atoms with van der Waals surface area (Å²) in [7, 11) is -4.09. The Bertz CT molecular complexity index is 1100. The maximum atomic E-state index is 15.1. The molecule has 1 aliphatic heterocycles. The van der Waals surface area contributed by atoms with Gasteiger partial charge in [-0.2, -0.15) is 8.42 Å². The molecule has 2 aromatic carbocycles. The molecule has 166 valence electrons. The van der Waals surface area contributed by atoms with Gasteiger partial charge in [0.15, 0.2) is 0 Å². The highest BCUT2D eigenvalue weighted by Crippen LogP contribution is 2.30. The molecular weight excluding hydrogens is 451 g/mol. The summed E-state index contributed by atoms with van der Waals surface area (Å²) in [5, 5.41) is 10.7. The fraction of sp³-hybridized carbons (Fsp3) is 0.350. The van der Waals surface area contributed by atoms with Crippen LogP contribution in [-0.4, -0.2) is 49.5 Å². The summed E-state index contributed by atoms with van der Waals surface area (Å²) in [5.74, 6) is -0.438. The lowest BCUT2D eigenvalue weighted by Gasteiger charge is -2.36. The molecule has 2 aromatic rings. The van der Waals surface area contributed by atoms with E-state index >= 15 is 4.39 Å². The summed E-state index contributed by atoms with van der Waals surface area (Å²) in [4.78, 5) is 24.2. The van der Waals surface area contributed by atoms with Crippen molar-refractivity contribution in [2.24, 2.45) is 0 Å². The quantitative estimate of drug-likeness (QED) is 0.360. The number of likely N-dealkylation sites (tertiary alicyclic amines) is 1. The van der Waals surface area contributed by atoms with Crippen molar-refractivity contribution in [3.63, 3.8) is 0 Å². The van der Waals surface area contributed by atoms with Crippen LogP contribution in [-0.2, 0) is 14.3 Å². The summed E-state index contributed by atoms with van der Waals surface area (Å²) in [5.41, 5.74) is -1.18. The number of hydrogen-bond acceptors (Lipinski definition) is 6. The fourth-order valence-corrected chi connectivity index (χ4v) is 4.40. The minimum Gasteiger partial charge on any atom is -0.338 e. The van der Waals surface area contributed by atoms with Gasteiger partial charge in [-0.15, -0.1) is 0 Å². The number of halogens is 2. The minimum atomic E-state index is -4.09. The zero-order valence-electron chi connectivity index (χ0n) is 16.6. The molecule has 1 amide bonds. The van der Waals surface area contributed by atoms with Crippen molar-refractivity contribution in [2.45, 2.75) is 30.3 Å². The number of benzene rings is 2. The number of nitro groups is 1. The summed E-state index contributed by atoms with van der Waals surface area (Å²) in [6, 6.07) is 9.67. The van der Waals surface area contributed by atoms with Crippen LogP contribution in [0.2, 0.25) is 5.02 Å². The Kier molecular flexibility index (Phi) is 6.63. The highest BCUT2D eigenvalue weighted by Gasteiger charge is 2.38. The van der Waals surface area contributed by atoms with E-state index in [0.29, 0.717) is 0 Å². The van der Waals surface area contributed by atoms with E-state index in [-0.39, 0.29) is 47.1 Å². The first kappa shape index (κ1) is 23.1. The first-order valence-corrected chi connectivity index (χ1v) is 11.2. The normalized spacial score (nSPS) is 16.2. The second-order valence-electron chi connectivity index (χ2n) is 7.40. The van der Waals surface area contributed by atoms with Crippen LogP contribution in [0.1, 0.15) is 28.8 Å². The number of carbonyl (C=O) groups is 1. The number of piperidine rings is 1. The molecule has 0 saturated carbocycles. The number of nitro benzene ring substituents is 1. The van der Waals surface area contributed by atoms with Gasteiger partial charge >= 0.3 is 0 Å². The molecule has 0 aliphatic carbocycles. The Morgan fingerprint density at radius 3 is 2.39 bits per heavy atom. The Morgan fingerprint density at radius 1 is 1.23 bits per heavy atom. The van der Waals surface area contributed by atoms with Crippen molar-refractivity contribution < 1.29 is 26.7 Å². The van der Waals surface area contributed by atoms with Crippen molar-refractivity contribution in [1.82, 2.24) is 4.90 Å². The lowest BCUT2D eigenvalue weighted by Crippen LogP contribution is -2.46. The molecule has 0 atom stereocenters. The Balaban J connectivity index is 1.60. The van der Waals surface area contributed by atoms with Gasteiger partial charge in [0.1, 0.15) is 17.3 Å². The van der Waals surface area contributed by atoms with Gasteiger partial charge in [-0.1, -0.05) is 29.3 Å². The number of alkyl halides is 1. The van der Waals surface area contributed by atoms with Gasteiger partial charge < -0.3 is 4.90 Å². The highest BCUT2D eigenvalue weighted by molar-refractivity contribution is 7.86. The first-order valence-electron chi connectivity index (χ1n) is 9.39. The SMILES string of the molecule is Cc1ccc(S(=O)(=O)OCC2(F)CCN(C(=O)c3ccc([N+](=O)[O-])c(Cl)c3)CC2)cc1. The Hall–Kier alpha value is -2.56. The predicted octanol–water partition coefficient (Wildman–Crippen LogP) is 3.91. The average Bonchev–Trinajstić information content (AvgIpc) is 2.72. The van der Waals surface area contributed by atoms with Crippen molar-refractivity contribution in [2.75, 3.05) is 19.7 Å². The number of aryl methyl sites for hydroxylation is 1. The molecule has 0 aromatic heterocycles. The van der Waals surface area contributed by atoms with E-state index in [1.165, 1.54) is 29.2 Å². The summed E-state index contributed by atoms with van der Waals surface area (Å²) >= 11 is 5.85. The number of carbonyl (C=O) groups excluding carboxylic acids is 1. The minimum absolute atomic E-state index is 0.0396. The first-order chi connectivity index (χ1) is 14.5. The number of rotatable bonds is 6. The molecule has 0 radical (unpaired) electrons. The van der Waals surface area contributed by atoms with Gasteiger partial charge in [-0.3, -0.25) is 19.1 Å². The van der Waals surface area contributed by atoms with Gasteiger partial charge in [-0.05, 0) is 31.2 Å². The van der Waals surface area contributed by atoms with Crippen LogP contribution in [0.5, 0.6) is 0 Å². The van der Waals surface area contributed by atoms with E-state index in [4.69, 9.17) is 15.8 Å². The molecule has 0 unspecified atom stereocenters. The van der Waals surface area contributed by atoms with Gasteiger partial charge in [0, 0.05) is 37.6 Å². The molecule has 0 spiro atoms. The molecule has 1 saturated heterocycles. The third-order valence-electron chi connectivity index (χ3n) is 5.12. The maximum absolute atomic E-state index is 15.1. The van der Waals surface area contributed by atoms with E-state index in [1.54, 1.807) is 12.1 Å². The van der Waals surface area contributed by atoms with Crippen molar-refractivity contribution in [1.29, 1.82) is 0 Å². The molecule has 3 rings (SSSR count). The van der Waals surface area contributed by atoms with Crippen LogP contribution >= 0.6 is 11.6 Å². The molecule has 1 aliphatic rings. The maximum Gasteiger partial charge on any atom is 0.297 e. The molecule has 31 heavy (non-hydrogen) atoms. The van der Waals surface area contributed by atoms with Crippen LogP contribution in [0.4, 0.5) is 10.1 Å². The molecule has 1 fully saturated rings. The van der Waals surface area contributed by atoms with E-state index in [2.05, 4.69) is 0 Å². The summed E-state index contributed by atoms with van der Waals surface area (Å²) in [6.45, 7) is 1.25. The number of nitrogens with zero attached hydrogens (tertiary/aromatic N) is 2. The molecular formula is C20H20ClFN2O6S.